The zero-order chi connectivity index (χ0) is 6.69. The van der Waals surface area contributed by atoms with Gasteiger partial charge in [-0.1, -0.05) is 0 Å². The van der Waals surface area contributed by atoms with Gasteiger partial charge >= 0.3 is 6.03 Å². The van der Waals surface area contributed by atoms with Crippen LogP contribution in [0.1, 0.15) is 0 Å². The third kappa shape index (κ3) is 1.57. The van der Waals surface area contributed by atoms with Gasteiger partial charge in [0.2, 0.25) is 0 Å². The maximum atomic E-state index is 10.3. The molecule has 1 saturated heterocycles. The van der Waals surface area contributed by atoms with Gasteiger partial charge < -0.3 is 9.64 Å². The molecule has 1 rings (SSSR count). The van der Waals surface area contributed by atoms with Crippen LogP contribution in [0.3, 0.4) is 0 Å². The third-order valence-corrected chi connectivity index (χ3v) is 1.30. The fraction of sp³-hybridized carbons (Fsp3) is 0.800. The molecule has 0 saturated carbocycles. The summed E-state index contributed by atoms with van der Waals surface area (Å²) >= 11 is 0. The lowest BCUT2D eigenvalue weighted by Gasteiger charge is -2.23. The predicted molar refractivity (Wildman–Crippen MR) is 30.9 cm³/mol. The minimum Gasteiger partial charge on any atom is -0.378 e. The molecular weight excluding hydrogens is 120 g/mol. The van der Waals surface area contributed by atoms with E-state index in [-0.39, 0.29) is 0 Å². The number of carbonyl (C=O) groups is 1. The number of nitrogens with zero attached hydrogens (tertiary/aromatic N) is 1. The first-order valence-corrected chi connectivity index (χ1v) is 2.89. The van der Waals surface area contributed by atoms with E-state index in [9.17, 15) is 4.79 Å². The van der Waals surface area contributed by atoms with E-state index in [1.165, 1.54) is 4.90 Å². The van der Waals surface area contributed by atoms with Crippen LogP contribution in [-0.2, 0) is 4.74 Å². The lowest BCUT2D eigenvalue weighted by atomic mass is 10.4. The molecule has 4 heteroatoms. The van der Waals surface area contributed by atoms with E-state index in [1.54, 1.807) is 0 Å². The summed E-state index contributed by atoms with van der Waals surface area (Å²) in [5.41, 5.74) is 6.70. The van der Waals surface area contributed by atoms with Gasteiger partial charge in [-0.3, -0.25) is 0 Å². The summed E-state index contributed by atoms with van der Waals surface area (Å²) in [5.74, 6) is 0. The molecule has 9 heavy (non-hydrogen) atoms. The number of ether oxygens (including phenoxy) is 1. The predicted octanol–water partition coefficient (Wildman–Crippen LogP) is -0.279. The van der Waals surface area contributed by atoms with Crippen molar-refractivity contribution in [3.05, 3.63) is 0 Å². The van der Waals surface area contributed by atoms with Crippen LogP contribution in [0.25, 0.3) is 0 Å². The Balaban J connectivity index is 2.31. The van der Waals surface area contributed by atoms with Gasteiger partial charge in [0.15, 0.2) is 0 Å². The quantitative estimate of drug-likeness (QED) is 0.451. The molecule has 1 aliphatic rings. The van der Waals surface area contributed by atoms with Gasteiger partial charge in [-0.2, -0.15) is 0 Å². The van der Waals surface area contributed by atoms with Crippen molar-refractivity contribution in [3.63, 3.8) is 0 Å². The van der Waals surface area contributed by atoms with Crippen molar-refractivity contribution in [3.8, 4) is 0 Å². The molecule has 0 aromatic heterocycles. The van der Waals surface area contributed by atoms with E-state index in [2.05, 4.69) is 0 Å². The smallest absolute Gasteiger partial charge is 0.336 e. The lowest BCUT2D eigenvalue weighted by molar-refractivity contribution is 0.0550. The van der Waals surface area contributed by atoms with Crippen LogP contribution in [0.5, 0.6) is 0 Å². The summed E-state index contributed by atoms with van der Waals surface area (Å²) in [7, 11) is 0. The molecule has 1 aliphatic heterocycles. The number of nitrogens with one attached hydrogen (secondary N) is 1. The van der Waals surface area contributed by atoms with Gasteiger partial charge in [0.05, 0.1) is 13.2 Å². The van der Waals surface area contributed by atoms with Gasteiger partial charge in [0.25, 0.3) is 0 Å². The average Bonchev–Trinajstić information content (AvgIpc) is 1.90. The van der Waals surface area contributed by atoms with Crippen LogP contribution in [0, 0.1) is 0 Å². The standard InChI is InChI=1S/C5H9N2O2/c6-5(8)7-1-3-9-4-2-7/h6H,1-4H2. The highest BCUT2D eigenvalue weighted by atomic mass is 16.5. The van der Waals surface area contributed by atoms with Crippen molar-refractivity contribution in [2.45, 2.75) is 0 Å². The zero-order valence-corrected chi connectivity index (χ0v) is 5.09. The Morgan fingerprint density at radius 1 is 1.44 bits per heavy atom. The number of urea groups is 1. The number of amides is 2. The molecule has 4 nitrogen and oxygen atoms in total. The zero-order valence-electron chi connectivity index (χ0n) is 5.09. The second kappa shape index (κ2) is 2.68. The maximum absolute atomic E-state index is 10.3. The van der Waals surface area contributed by atoms with Crippen LogP contribution in [0.15, 0.2) is 0 Å². The maximum Gasteiger partial charge on any atom is 0.336 e. The van der Waals surface area contributed by atoms with E-state index in [4.69, 9.17) is 10.5 Å². The number of rotatable bonds is 0. The largest absolute Gasteiger partial charge is 0.378 e. The lowest BCUT2D eigenvalue weighted by Crippen LogP contribution is -2.40. The Hall–Kier alpha value is -0.770. The molecule has 0 aromatic carbocycles. The molecule has 1 radical (unpaired) electrons. The van der Waals surface area contributed by atoms with Crippen molar-refractivity contribution >= 4 is 6.03 Å². The number of carbonyl (C=O) groups excluding carboxylic acids is 1. The Labute approximate surface area is 53.6 Å². The number of hydrogen-bond donors (Lipinski definition) is 0. The van der Waals surface area contributed by atoms with E-state index in [0.717, 1.165) is 0 Å². The van der Waals surface area contributed by atoms with E-state index < -0.39 is 6.03 Å². The first-order valence-electron chi connectivity index (χ1n) is 2.89. The second-order valence-corrected chi connectivity index (χ2v) is 1.90. The Morgan fingerprint density at radius 3 is 2.33 bits per heavy atom. The molecule has 1 heterocycles. The fourth-order valence-electron chi connectivity index (χ4n) is 0.766. The number of morpholine rings is 1. The van der Waals surface area contributed by atoms with Crippen LogP contribution in [0.2, 0.25) is 0 Å². The minimum absolute atomic E-state index is 0.572. The summed E-state index contributed by atoms with van der Waals surface area (Å²) in [5, 5.41) is 0. The Kier molecular flexibility index (Phi) is 1.89. The molecular formula is C5H9N2O2. The third-order valence-electron chi connectivity index (χ3n) is 1.30. The highest BCUT2D eigenvalue weighted by Gasteiger charge is 2.12. The van der Waals surface area contributed by atoms with Gasteiger partial charge in [-0.05, 0) is 0 Å². The SMILES string of the molecule is [NH]C(=O)N1CCOCC1. The molecule has 0 aliphatic carbocycles. The van der Waals surface area contributed by atoms with Gasteiger partial charge in [0, 0.05) is 13.1 Å². The molecule has 1 N–H and O–H groups in total. The first kappa shape index (κ1) is 6.35. The average molecular weight is 129 g/mol. The molecule has 51 valence electrons. The van der Waals surface area contributed by atoms with Crippen LogP contribution < -0.4 is 5.73 Å². The Morgan fingerprint density at radius 2 is 2.00 bits per heavy atom. The summed E-state index contributed by atoms with van der Waals surface area (Å²) in [6, 6.07) is -0.599. The highest BCUT2D eigenvalue weighted by molar-refractivity contribution is 5.71. The topological polar surface area (TPSA) is 53.3 Å². The van der Waals surface area contributed by atoms with E-state index in [1.807, 2.05) is 0 Å². The molecule has 0 bridgehead atoms. The van der Waals surface area contributed by atoms with Crippen molar-refractivity contribution in [1.82, 2.24) is 10.6 Å². The van der Waals surface area contributed by atoms with Crippen molar-refractivity contribution in [2.24, 2.45) is 0 Å². The summed E-state index contributed by atoms with van der Waals surface area (Å²) in [6.45, 7) is 2.29. The van der Waals surface area contributed by atoms with E-state index in [0.29, 0.717) is 26.3 Å². The molecule has 0 unspecified atom stereocenters. The minimum atomic E-state index is -0.599. The normalized spacial score (nSPS) is 19.8. The van der Waals surface area contributed by atoms with Crippen LogP contribution >= 0.6 is 0 Å². The van der Waals surface area contributed by atoms with E-state index >= 15 is 0 Å². The highest BCUT2D eigenvalue weighted by Crippen LogP contribution is 1.94. The molecule has 0 spiro atoms. The molecule has 2 amide bonds. The second-order valence-electron chi connectivity index (χ2n) is 1.90. The van der Waals surface area contributed by atoms with Crippen molar-refractivity contribution in [2.75, 3.05) is 26.3 Å². The molecule has 1 fully saturated rings. The summed E-state index contributed by atoms with van der Waals surface area (Å²) < 4.78 is 4.97. The monoisotopic (exact) mass is 129 g/mol. The number of hydrogen-bond acceptors (Lipinski definition) is 2. The van der Waals surface area contributed by atoms with Gasteiger partial charge in [-0.25, -0.2) is 10.5 Å². The Bertz CT molecular complexity index is 110. The summed E-state index contributed by atoms with van der Waals surface area (Å²) in [6.07, 6.45) is 0. The van der Waals surface area contributed by atoms with Crippen molar-refractivity contribution in [1.29, 1.82) is 0 Å². The van der Waals surface area contributed by atoms with Crippen LogP contribution in [0.4, 0.5) is 4.79 Å². The van der Waals surface area contributed by atoms with Gasteiger partial charge in [-0.15, -0.1) is 0 Å². The fourth-order valence-corrected chi connectivity index (χ4v) is 0.766. The first-order chi connectivity index (χ1) is 4.30. The molecule has 0 aromatic rings. The van der Waals surface area contributed by atoms with Gasteiger partial charge in [0.1, 0.15) is 0 Å². The van der Waals surface area contributed by atoms with Crippen molar-refractivity contribution < 1.29 is 9.53 Å². The van der Waals surface area contributed by atoms with Crippen LogP contribution in [-0.4, -0.2) is 37.2 Å². The summed E-state index contributed by atoms with van der Waals surface area (Å²) in [4.78, 5) is 11.8. The molecule has 0 atom stereocenters.